The molecule has 4 aromatic heterocycles. The number of anilines is 1. The van der Waals surface area contributed by atoms with E-state index < -0.39 is 17.5 Å². The van der Waals surface area contributed by atoms with E-state index in [-0.39, 0.29) is 22.7 Å². The van der Waals surface area contributed by atoms with Gasteiger partial charge in [-0.1, -0.05) is 6.07 Å². The van der Waals surface area contributed by atoms with Gasteiger partial charge in [0.15, 0.2) is 17.3 Å². The number of ether oxygens (including phenoxy) is 1. The quantitative estimate of drug-likeness (QED) is 0.331. The van der Waals surface area contributed by atoms with Crippen LogP contribution in [0.25, 0.3) is 27.9 Å². The number of hydrogen-bond donors (Lipinski definition) is 2. The van der Waals surface area contributed by atoms with E-state index in [1.165, 1.54) is 23.8 Å². The van der Waals surface area contributed by atoms with E-state index in [0.717, 1.165) is 29.2 Å². The van der Waals surface area contributed by atoms with Crippen molar-refractivity contribution in [2.75, 3.05) is 25.6 Å². The van der Waals surface area contributed by atoms with Crippen LogP contribution >= 0.6 is 0 Å². The highest BCUT2D eigenvalue weighted by Crippen LogP contribution is 2.33. The van der Waals surface area contributed by atoms with Crippen molar-refractivity contribution in [3.63, 3.8) is 0 Å². The van der Waals surface area contributed by atoms with Gasteiger partial charge in [0, 0.05) is 66.3 Å². The van der Waals surface area contributed by atoms with Crippen LogP contribution in [0.5, 0.6) is 0 Å². The van der Waals surface area contributed by atoms with Crippen molar-refractivity contribution in [2.45, 2.75) is 19.0 Å². The molecule has 5 heterocycles. The van der Waals surface area contributed by atoms with Crippen molar-refractivity contribution in [1.82, 2.24) is 34.7 Å². The summed E-state index contributed by atoms with van der Waals surface area (Å²) in [5, 5.41) is 14.7. The molecule has 1 saturated heterocycles. The molecule has 5 aromatic rings. The van der Waals surface area contributed by atoms with E-state index in [1.54, 1.807) is 29.5 Å². The Morgan fingerprint density at radius 2 is 2.03 bits per heavy atom. The molecular formula is C27H24F2N8O2. The fourth-order valence-corrected chi connectivity index (χ4v) is 4.59. The van der Waals surface area contributed by atoms with Gasteiger partial charge in [0.25, 0.3) is 5.91 Å². The van der Waals surface area contributed by atoms with Crippen molar-refractivity contribution in [2.24, 2.45) is 0 Å². The Hall–Kier alpha value is -4.71. The number of nitrogens with zero attached hydrogens (tertiary/aromatic N) is 6. The Bertz CT molecular complexity index is 1660. The Morgan fingerprint density at radius 3 is 2.79 bits per heavy atom. The number of fused-ring (bicyclic) bond motifs is 1. The smallest absolute Gasteiger partial charge is 0.251 e. The number of carbonyl (C=O) groups is 1. The summed E-state index contributed by atoms with van der Waals surface area (Å²) in [6.45, 7) is 1.70. The van der Waals surface area contributed by atoms with E-state index >= 15 is 0 Å². The van der Waals surface area contributed by atoms with Crippen molar-refractivity contribution >= 4 is 17.4 Å². The predicted molar refractivity (Wildman–Crippen MR) is 139 cm³/mol. The summed E-state index contributed by atoms with van der Waals surface area (Å²) in [5.41, 5.74) is 2.97. The largest absolute Gasteiger partial charge is 0.379 e. The third-order valence-corrected chi connectivity index (χ3v) is 6.58. The molecule has 2 N–H and O–H groups in total. The summed E-state index contributed by atoms with van der Waals surface area (Å²) in [5.74, 6) is -2.22. The van der Waals surface area contributed by atoms with Gasteiger partial charge in [-0.3, -0.25) is 14.5 Å². The fraction of sp³-hybridized carbons (Fsp3) is 0.222. The van der Waals surface area contributed by atoms with Gasteiger partial charge in [-0.05, 0) is 30.2 Å². The molecule has 0 radical (unpaired) electrons. The van der Waals surface area contributed by atoms with Gasteiger partial charge >= 0.3 is 0 Å². The Morgan fingerprint density at radius 1 is 1.13 bits per heavy atom. The summed E-state index contributed by atoms with van der Waals surface area (Å²) in [6, 6.07) is 6.04. The average Bonchev–Trinajstić information content (AvgIpc) is 3.72. The van der Waals surface area contributed by atoms with Crippen molar-refractivity contribution in [3.05, 3.63) is 84.2 Å². The second kappa shape index (κ2) is 10.2. The first-order chi connectivity index (χ1) is 19.0. The van der Waals surface area contributed by atoms with Gasteiger partial charge in [-0.25, -0.2) is 18.3 Å². The molecule has 1 aliphatic rings. The highest BCUT2D eigenvalue weighted by Gasteiger charge is 2.23. The summed E-state index contributed by atoms with van der Waals surface area (Å²) in [7, 11) is 1.42. The van der Waals surface area contributed by atoms with E-state index in [0.29, 0.717) is 31.2 Å². The maximum Gasteiger partial charge on any atom is 0.251 e. The predicted octanol–water partition coefficient (Wildman–Crippen LogP) is 3.54. The highest BCUT2D eigenvalue weighted by atomic mass is 19.2. The average molecular weight is 531 g/mol. The molecule has 1 unspecified atom stereocenters. The number of rotatable bonds is 7. The van der Waals surface area contributed by atoms with Gasteiger partial charge in [0.1, 0.15) is 5.82 Å². The van der Waals surface area contributed by atoms with Crippen LogP contribution in [0.15, 0.2) is 61.4 Å². The van der Waals surface area contributed by atoms with Crippen molar-refractivity contribution < 1.29 is 18.3 Å². The zero-order chi connectivity index (χ0) is 26.9. The van der Waals surface area contributed by atoms with E-state index in [2.05, 4.69) is 25.8 Å². The molecule has 1 aliphatic heterocycles. The number of nitrogens with one attached hydrogen (secondary N) is 2. The minimum atomic E-state index is -1.13. The van der Waals surface area contributed by atoms with Gasteiger partial charge in [-0.15, -0.1) is 0 Å². The Balaban J connectivity index is 1.44. The number of carbonyl (C=O) groups excluding carboxylic acids is 1. The van der Waals surface area contributed by atoms with Crippen LogP contribution in [-0.4, -0.2) is 61.6 Å². The van der Waals surface area contributed by atoms with Crippen LogP contribution < -0.4 is 10.6 Å². The van der Waals surface area contributed by atoms with Crippen LogP contribution in [0.2, 0.25) is 0 Å². The van der Waals surface area contributed by atoms with Crippen LogP contribution in [0.3, 0.4) is 0 Å². The molecule has 12 heteroatoms. The molecule has 198 valence electrons. The summed E-state index contributed by atoms with van der Waals surface area (Å²) >= 11 is 0. The maximum atomic E-state index is 15.0. The standard InChI is InChI=1S/C27H24F2N8O2/c1-30-27(38)17-7-20(24(29)23(28)8-17)21-11-33-37-14-22(25(35-26(21)37)34-19-4-6-39-15-19)18-10-32-36(13-18)12-16-3-2-5-31-9-16/h2-3,5,7-11,13-14,19H,4,6,12,15H2,1H3,(H,30,38)(H,34,35). The zero-order valence-corrected chi connectivity index (χ0v) is 20.9. The molecule has 0 aliphatic carbocycles. The summed E-state index contributed by atoms with van der Waals surface area (Å²) < 4.78 is 38.3. The topological polar surface area (TPSA) is 111 Å². The molecule has 39 heavy (non-hydrogen) atoms. The third-order valence-electron chi connectivity index (χ3n) is 6.58. The molecule has 1 amide bonds. The lowest BCUT2D eigenvalue weighted by atomic mass is 10.0. The molecular weight excluding hydrogens is 506 g/mol. The summed E-state index contributed by atoms with van der Waals surface area (Å²) in [6.07, 6.45) is 11.1. The van der Waals surface area contributed by atoms with Gasteiger partial charge < -0.3 is 15.4 Å². The normalized spacial score (nSPS) is 15.1. The molecule has 0 bridgehead atoms. The maximum absolute atomic E-state index is 15.0. The number of hydrogen-bond acceptors (Lipinski definition) is 7. The third kappa shape index (κ3) is 4.81. The van der Waals surface area contributed by atoms with Gasteiger partial charge in [0.2, 0.25) is 0 Å². The van der Waals surface area contributed by atoms with Gasteiger partial charge in [0.05, 0.1) is 31.6 Å². The zero-order valence-electron chi connectivity index (χ0n) is 20.9. The van der Waals surface area contributed by atoms with E-state index in [9.17, 15) is 13.6 Å². The first kappa shape index (κ1) is 24.6. The first-order valence-corrected chi connectivity index (χ1v) is 12.4. The van der Waals surface area contributed by atoms with Crippen molar-refractivity contribution in [1.29, 1.82) is 0 Å². The second-order valence-corrected chi connectivity index (χ2v) is 9.22. The lowest BCUT2D eigenvalue weighted by Crippen LogP contribution is -2.20. The lowest BCUT2D eigenvalue weighted by molar-refractivity contribution is 0.0962. The van der Waals surface area contributed by atoms with Crippen LogP contribution in [0.4, 0.5) is 14.6 Å². The Labute approximate surface area is 221 Å². The lowest BCUT2D eigenvalue weighted by Gasteiger charge is -2.15. The number of amides is 1. The minimum Gasteiger partial charge on any atom is -0.379 e. The van der Waals surface area contributed by atoms with Gasteiger partial charge in [-0.2, -0.15) is 10.2 Å². The molecule has 1 fully saturated rings. The van der Waals surface area contributed by atoms with E-state index in [4.69, 9.17) is 9.72 Å². The fourth-order valence-electron chi connectivity index (χ4n) is 4.59. The SMILES string of the molecule is CNC(=O)c1cc(F)c(F)c(-c2cnn3cc(-c4cnn(Cc5cccnc5)c4)c(NC4CCOC4)nc23)c1. The number of pyridine rings is 1. The minimum absolute atomic E-state index is 0.00940. The van der Waals surface area contributed by atoms with Crippen LogP contribution in [-0.2, 0) is 11.3 Å². The molecule has 10 nitrogen and oxygen atoms in total. The number of aromatic nitrogens is 6. The highest BCUT2D eigenvalue weighted by molar-refractivity contribution is 5.96. The molecule has 1 aromatic carbocycles. The molecule has 6 rings (SSSR count). The first-order valence-electron chi connectivity index (χ1n) is 12.4. The monoisotopic (exact) mass is 530 g/mol. The van der Waals surface area contributed by atoms with Crippen LogP contribution in [0.1, 0.15) is 22.3 Å². The number of benzene rings is 1. The number of halogens is 2. The van der Waals surface area contributed by atoms with Crippen LogP contribution in [0, 0.1) is 11.6 Å². The summed E-state index contributed by atoms with van der Waals surface area (Å²) in [4.78, 5) is 21.1. The Kier molecular flexibility index (Phi) is 6.45. The molecule has 0 spiro atoms. The van der Waals surface area contributed by atoms with Crippen molar-refractivity contribution in [3.8, 4) is 22.3 Å². The molecule has 0 saturated carbocycles. The van der Waals surface area contributed by atoms with E-state index in [1.807, 2.05) is 18.3 Å². The second-order valence-electron chi connectivity index (χ2n) is 9.22. The molecule has 1 atom stereocenters.